The van der Waals surface area contributed by atoms with Gasteiger partial charge in [0, 0.05) is 24.4 Å². The summed E-state index contributed by atoms with van der Waals surface area (Å²) in [5.74, 6) is 0.289. The molecule has 1 unspecified atom stereocenters. The summed E-state index contributed by atoms with van der Waals surface area (Å²) in [4.78, 5) is 4.22. The molecule has 0 aliphatic heterocycles. The maximum atomic E-state index is 9.05. The number of aliphatic hydroxyl groups excluding tert-OH is 1. The lowest BCUT2D eigenvalue weighted by Crippen LogP contribution is -2.05. The van der Waals surface area contributed by atoms with Crippen molar-refractivity contribution in [3.63, 3.8) is 0 Å². The second-order valence-electron chi connectivity index (χ2n) is 4.01. The Balaban J connectivity index is 2.42. The summed E-state index contributed by atoms with van der Waals surface area (Å²) in [7, 11) is 0. The Kier molecular flexibility index (Phi) is 2.97. The summed E-state index contributed by atoms with van der Waals surface area (Å²) in [6.45, 7) is 2.27. The molecule has 0 amide bonds. The lowest BCUT2D eigenvalue weighted by Gasteiger charge is -2.09. The van der Waals surface area contributed by atoms with Crippen molar-refractivity contribution in [2.45, 2.75) is 13.3 Å². The van der Waals surface area contributed by atoms with Gasteiger partial charge < -0.3 is 5.11 Å². The van der Waals surface area contributed by atoms with Crippen LogP contribution in [0.4, 0.5) is 0 Å². The molecule has 1 aromatic heterocycles. The van der Waals surface area contributed by atoms with Crippen molar-refractivity contribution in [2.24, 2.45) is 5.92 Å². The van der Waals surface area contributed by atoms with Crippen LogP contribution in [0.3, 0.4) is 0 Å². The van der Waals surface area contributed by atoms with E-state index >= 15 is 0 Å². The highest BCUT2D eigenvalue weighted by Crippen LogP contribution is 2.19. The number of aliphatic hydroxyl groups is 1. The van der Waals surface area contributed by atoms with Crippen LogP contribution in [0.1, 0.15) is 12.5 Å². The number of aromatic nitrogens is 1. The highest BCUT2D eigenvalue weighted by molar-refractivity contribution is 5.84. The van der Waals surface area contributed by atoms with Gasteiger partial charge in [-0.15, -0.1) is 0 Å². The van der Waals surface area contributed by atoms with E-state index in [2.05, 4.69) is 17.1 Å². The molecule has 1 heterocycles. The van der Waals surface area contributed by atoms with Gasteiger partial charge >= 0.3 is 0 Å². The summed E-state index contributed by atoms with van der Waals surface area (Å²) in [6, 6.07) is 8.23. The van der Waals surface area contributed by atoms with Crippen LogP contribution in [0.15, 0.2) is 36.7 Å². The molecule has 0 radical (unpaired) electrons. The average Bonchev–Trinajstić information content (AvgIpc) is 2.29. The van der Waals surface area contributed by atoms with Gasteiger partial charge in [-0.3, -0.25) is 4.98 Å². The second kappa shape index (κ2) is 4.41. The molecule has 2 aromatic rings. The molecule has 78 valence electrons. The van der Waals surface area contributed by atoms with Crippen molar-refractivity contribution < 1.29 is 5.11 Å². The number of rotatable bonds is 3. The fourth-order valence-electron chi connectivity index (χ4n) is 1.78. The van der Waals surface area contributed by atoms with E-state index in [1.807, 2.05) is 31.5 Å². The summed E-state index contributed by atoms with van der Waals surface area (Å²) < 4.78 is 0. The predicted octanol–water partition coefficient (Wildman–Crippen LogP) is 2.41. The van der Waals surface area contributed by atoms with Crippen molar-refractivity contribution >= 4 is 10.8 Å². The van der Waals surface area contributed by atoms with Gasteiger partial charge in [0.2, 0.25) is 0 Å². The first-order chi connectivity index (χ1) is 7.31. The fourth-order valence-corrected chi connectivity index (χ4v) is 1.78. The van der Waals surface area contributed by atoms with Gasteiger partial charge in [0.15, 0.2) is 0 Å². The number of fused-ring (bicyclic) bond motifs is 1. The van der Waals surface area contributed by atoms with Crippen LogP contribution >= 0.6 is 0 Å². The second-order valence-corrected chi connectivity index (χ2v) is 4.01. The SMILES string of the molecule is CC(CO)Cc1cncc2ccccc12. The molecule has 0 bridgehead atoms. The van der Waals surface area contributed by atoms with Gasteiger partial charge in [-0.1, -0.05) is 31.2 Å². The molecule has 1 aromatic carbocycles. The molecule has 1 N–H and O–H groups in total. The highest BCUT2D eigenvalue weighted by Gasteiger charge is 2.05. The first-order valence-electron chi connectivity index (χ1n) is 5.23. The average molecular weight is 201 g/mol. The van der Waals surface area contributed by atoms with E-state index in [-0.39, 0.29) is 12.5 Å². The fraction of sp³-hybridized carbons (Fsp3) is 0.308. The number of nitrogens with zero attached hydrogens (tertiary/aromatic N) is 1. The van der Waals surface area contributed by atoms with Crippen LogP contribution in [0.2, 0.25) is 0 Å². The monoisotopic (exact) mass is 201 g/mol. The highest BCUT2D eigenvalue weighted by atomic mass is 16.3. The van der Waals surface area contributed by atoms with Crippen molar-refractivity contribution in [3.8, 4) is 0 Å². The summed E-state index contributed by atoms with van der Waals surface area (Å²) >= 11 is 0. The zero-order valence-electron chi connectivity index (χ0n) is 8.85. The van der Waals surface area contributed by atoms with E-state index in [1.54, 1.807) is 0 Å². The largest absolute Gasteiger partial charge is 0.396 e. The van der Waals surface area contributed by atoms with Gasteiger partial charge in [0.05, 0.1) is 0 Å². The Morgan fingerprint density at radius 2 is 2.07 bits per heavy atom. The first kappa shape index (κ1) is 10.1. The minimum absolute atomic E-state index is 0.225. The Morgan fingerprint density at radius 1 is 1.27 bits per heavy atom. The minimum Gasteiger partial charge on any atom is -0.396 e. The molecule has 2 rings (SSSR count). The third kappa shape index (κ3) is 2.16. The van der Waals surface area contributed by atoms with Crippen molar-refractivity contribution in [2.75, 3.05) is 6.61 Å². The Morgan fingerprint density at radius 3 is 2.87 bits per heavy atom. The standard InChI is InChI=1S/C13H15NO/c1-10(9-15)6-12-8-14-7-11-4-2-3-5-13(11)12/h2-5,7-8,10,15H,6,9H2,1H3. The number of benzene rings is 1. The minimum atomic E-state index is 0.225. The molecule has 1 atom stereocenters. The first-order valence-corrected chi connectivity index (χ1v) is 5.23. The van der Waals surface area contributed by atoms with Crippen LogP contribution < -0.4 is 0 Å². The Labute approximate surface area is 89.6 Å². The normalized spacial score (nSPS) is 12.9. The lowest BCUT2D eigenvalue weighted by atomic mass is 9.99. The van der Waals surface area contributed by atoms with Gasteiger partial charge in [-0.25, -0.2) is 0 Å². The zero-order chi connectivity index (χ0) is 10.7. The van der Waals surface area contributed by atoms with Crippen LogP contribution in [-0.2, 0) is 6.42 Å². The molecule has 0 saturated heterocycles. The number of pyridine rings is 1. The molecule has 2 nitrogen and oxygen atoms in total. The third-order valence-electron chi connectivity index (χ3n) is 2.63. The van der Waals surface area contributed by atoms with E-state index in [9.17, 15) is 0 Å². The van der Waals surface area contributed by atoms with Crippen molar-refractivity contribution in [1.29, 1.82) is 0 Å². The Bertz CT molecular complexity index is 448. The van der Waals surface area contributed by atoms with Crippen LogP contribution in [0.5, 0.6) is 0 Å². The van der Waals surface area contributed by atoms with Crippen LogP contribution in [-0.4, -0.2) is 16.7 Å². The van der Waals surface area contributed by atoms with Gasteiger partial charge in [0.1, 0.15) is 0 Å². The molecular weight excluding hydrogens is 186 g/mol. The molecule has 0 aliphatic rings. The molecule has 0 spiro atoms. The summed E-state index contributed by atoms with van der Waals surface area (Å²) in [6.07, 6.45) is 4.65. The number of hydrogen-bond acceptors (Lipinski definition) is 2. The topological polar surface area (TPSA) is 33.1 Å². The van der Waals surface area contributed by atoms with E-state index in [0.29, 0.717) is 0 Å². The van der Waals surface area contributed by atoms with E-state index in [1.165, 1.54) is 16.3 Å². The quantitative estimate of drug-likeness (QED) is 0.827. The Hall–Kier alpha value is -1.41. The van der Waals surface area contributed by atoms with E-state index < -0.39 is 0 Å². The van der Waals surface area contributed by atoms with Crippen molar-refractivity contribution in [3.05, 3.63) is 42.2 Å². The van der Waals surface area contributed by atoms with Gasteiger partial charge in [0.25, 0.3) is 0 Å². The third-order valence-corrected chi connectivity index (χ3v) is 2.63. The maximum Gasteiger partial charge on any atom is 0.0459 e. The molecular formula is C13H15NO. The predicted molar refractivity (Wildman–Crippen MR) is 61.7 cm³/mol. The van der Waals surface area contributed by atoms with Crippen molar-refractivity contribution in [1.82, 2.24) is 4.98 Å². The molecule has 0 saturated carbocycles. The molecule has 15 heavy (non-hydrogen) atoms. The van der Waals surface area contributed by atoms with Gasteiger partial charge in [-0.05, 0) is 23.3 Å². The smallest absolute Gasteiger partial charge is 0.0459 e. The molecule has 2 heteroatoms. The van der Waals surface area contributed by atoms with Gasteiger partial charge in [-0.2, -0.15) is 0 Å². The summed E-state index contributed by atoms with van der Waals surface area (Å²) in [5, 5.41) is 11.5. The summed E-state index contributed by atoms with van der Waals surface area (Å²) in [5.41, 5.74) is 1.22. The van der Waals surface area contributed by atoms with E-state index in [0.717, 1.165) is 6.42 Å². The van der Waals surface area contributed by atoms with E-state index in [4.69, 9.17) is 5.11 Å². The number of hydrogen-bond donors (Lipinski definition) is 1. The van der Waals surface area contributed by atoms with Crippen LogP contribution in [0.25, 0.3) is 10.8 Å². The lowest BCUT2D eigenvalue weighted by molar-refractivity contribution is 0.237. The van der Waals surface area contributed by atoms with Crippen LogP contribution in [0, 0.1) is 5.92 Å². The molecule has 0 aliphatic carbocycles. The maximum absolute atomic E-state index is 9.05. The zero-order valence-corrected chi connectivity index (χ0v) is 8.85. The molecule has 0 fully saturated rings.